The van der Waals surface area contributed by atoms with Gasteiger partial charge in [0.1, 0.15) is 17.5 Å². The van der Waals surface area contributed by atoms with E-state index in [-0.39, 0.29) is 6.61 Å². The van der Waals surface area contributed by atoms with Crippen molar-refractivity contribution in [3.63, 3.8) is 0 Å². The average Bonchev–Trinajstić information content (AvgIpc) is 2.30. The van der Waals surface area contributed by atoms with Crippen LogP contribution < -0.4 is 9.80 Å². The monoisotopic (exact) mass is 238 g/mol. The number of likely N-dealkylation sites (N-methyl/N-ethyl adjacent to an activating group) is 1. The molecule has 17 heavy (non-hydrogen) atoms. The molecule has 0 aliphatic rings. The maximum Gasteiger partial charge on any atom is 0.134 e. The molecule has 1 N–H and O–H groups in total. The fraction of sp³-hybridized carbons (Fsp3) is 0.667. The molecule has 1 heterocycles. The van der Waals surface area contributed by atoms with Gasteiger partial charge in [-0.3, -0.25) is 0 Å². The number of aliphatic hydroxyl groups excluding tert-OH is 1. The summed E-state index contributed by atoms with van der Waals surface area (Å²) in [5.74, 6) is 2.56. The zero-order chi connectivity index (χ0) is 12.8. The molecule has 0 fully saturated rings. The zero-order valence-electron chi connectivity index (χ0n) is 11.1. The molecule has 1 aromatic rings. The van der Waals surface area contributed by atoms with Crippen molar-refractivity contribution in [2.24, 2.45) is 0 Å². The smallest absolute Gasteiger partial charge is 0.134 e. The van der Waals surface area contributed by atoms with Crippen LogP contribution in [0.4, 0.5) is 11.6 Å². The third kappa shape index (κ3) is 3.56. The normalized spacial score (nSPS) is 10.4. The Morgan fingerprint density at radius 3 is 2.29 bits per heavy atom. The van der Waals surface area contributed by atoms with Crippen molar-refractivity contribution < 1.29 is 5.11 Å². The summed E-state index contributed by atoms with van der Waals surface area (Å²) in [5.41, 5.74) is 0. The van der Waals surface area contributed by atoms with Crippen LogP contribution in [-0.4, -0.2) is 48.4 Å². The molecule has 1 rings (SSSR count). The molecule has 0 amide bonds. The lowest BCUT2D eigenvalue weighted by molar-refractivity contribution is 0.304. The summed E-state index contributed by atoms with van der Waals surface area (Å²) in [5, 5.41) is 8.94. The van der Waals surface area contributed by atoms with E-state index < -0.39 is 0 Å². The molecule has 5 heteroatoms. The van der Waals surface area contributed by atoms with Crippen molar-refractivity contribution in [2.45, 2.75) is 20.8 Å². The van der Waals surface area contributed by atoms with Gasteiger partial charge in [-0.05, 0) is 20.8 Å². The first-order chi connectivity index (χ1) is 8.12. The fourth-order valence-corrected chi connectivity index (χ4v) is 1.71. The van der Waals surface area contributed by atoms with Crippen LogP contribution in [0.2, 0.25) is 0 Å². The Balaban J connectivity index is 3.00. The predicted molar refractivity (Wildman–Crippen MR) is 70.7 cm³/mol. The molecule has 96 valence electrons. The van der Waals surface area contributed by atoms with Crippen LogP contribution in [0.25, 0.3) is 0 Å². The van der Waals surface area contributed by atoms with Crippen molar-refractivity contribution in [1.82, 2.24) is 9.97 Å². The second-order valence-electron chi connectivity index (χ2n) is 3.95. The Bertz CT molecular complexity index is 352. The van der Waals surface area contributed by atoms with E-state index in [1.165, 1.54) is 0 Å². The molecule has 0 bridgehead atoms. The molecule has 0 saturated carbocycles. The lowest BCUT2D eigenvalue weighted by Gasteiger charge is -2.23. The molecule has 0 spiro atoms. The van der Waals surface area contributed by atoms with E-state index in [4.69, 9.17) is 5.11 Å². The van der Waals surface area contributed by atoms with Crippen molar-refractivity contribution in [3.05, 3.63) is 11.9 Å². The maximum absolute atomic E-state index is 8.94. The van der Waals surface area contributed by atoms with Gasteiger partial charge in [0.05, 0.1) is 6.61 Å². The maximum atomic E-state index is 8.94. The van der Waals surface area contributed by atoms with Crippen LogP contribution in [0.1, 0.15) is 19.7 Å². The van der Waals surface area contributed by atoms with Crippen LogP contribution in [-0.2, 0) is 0 Å². The highest BCUT2D eigenvalue weighted by Crippen LogP contribution is 2.17. The van der Waals surface area contributed by atoms with Crippen molar-refractivity contribution >= 4 is 11.6 Å². The first-order valence-corrected chi connectivity index (χ1v) is 6.05. The standard InChI is InChI=1S/C12H22N4O/c1-5-16(6-2)12-9-11(13-10(3)14-12)15(4)7-8-17/h9,17H,5-8H2,1-4H3. The molecule has 0 aliphatic heterocycles. The Morgan fingerprint density at radius 1 is 1.18 bits per heavy atom. The molecule has 5 nitrogen and oxygen atoms in total. The predicted octanol–water partition coefficient (Wildman–Crippen LogP) is 1.06. The van der Waals surface area contributed by atoms with E-state index in [0.717, 1.165) is 30.5 Å². The van der Waals surface area contributed by atoms with Crippen LogP contribution in [0.3, 0.4) is 0 Å². The van der Waals surface area contributed by atoms with Crippen molar-refractivity contribution in [3.8, 4) is 0 Å². The summed E-state index contributed by atoms with van der Waals surface area (Å²) in [4.78, 5) is 12.9. The van der Waals surface area contributed by atoms with Gasteiger partial charge in [-0.2, -0.15) is 0 Å². The number of hydrogen-bond donors (Lipinski definition) is 1. The second kappa shape index (κ2) is 6.39. The number of aryl methyl sites for hydroxylation is 1. The second-order valence-corrected chi connectivity index (χ2v) is 3.95. The highest BCUT2D eigenvalue weighted by Gasteiger charge is 2.09. The van der Waals surface area contributed by atoms with Gasteiger partial charge >= 0.3 is 0 Å². The largest absolute Gasteiger partial charge is 0.395 e. The zero-order valence-corrected chi connectivity index (χ0v) is 11.1. The summed E-state index contributed by atoms with van der Waals surface area (Å²) in [6.07, 6.45) is 0. The van der Waals surface area contributed by atoms with Gasteiger partial charge in [-0.1, -0.05) is 0 Å². The van der Waals surface area contributed by atoms with Gasteiger partial charge in [0.25, 0.3) is 0 Å². The van der Waals surface area contributed by atoms with Gasteiger partial charge in [-0.15, -0.1) is 0 Å². The van der Waals surface area contributed by atoms with E-state index in [1.54, 1.807) is 0 Å². The minimum atomic E-state index is 0.125. The molecule has 0 radical (unpaired) electrons. The minimum absolute atomic E-state index is 0.125. The Kier molecular flexibility index (Phi) is 5.15. The Hall–Kier alpha value is -1.36. The summed E-state index contributed by atoms with van der Waals surface area (Å²) < 4.78 is 0. The Labute approximate surface area is 103 Å². The fourth-order valence-electron chi connectivity index (χ4n) is 1.71. The van der Waals surface area contributed by atoms with Crippen LogP contribution in [0, 0.1) is 6.92 Å². The van der Waals surface area contributed by atoms with E-state index in [2.05, 4.69) is 28.7 Å². The molecule has 0 saturated heterocycles. The van der Waals surface area contributed by atoms with Crippen LogP contribution in [0.15, 0.2) is 6.07 Å². The highest BCUT2D eigenvalue weighted by molar-refractivity contribution is 5.50. The summed E-state index contributed by atoms with van der Waals surface area (Å²) in [6, 6.07) is 1.97. The molecule has 0 unspecified atom stereocenters. The number of hydrogen-bond acceptors (Lipinski definition) is 5. The molecular formula is C12H22N4O. The van der Waals surface area contributed by atoms with E-state index in [1.807, 2.05) is 24.9 Å². The third-order valence-electron chi connectivity index (χ3n) is 2.72. The van der Waals surface area contributed by atoms with Crippen LogP contribution in [0.5, 0.6) is 0 Å². The molecule has 0 atom stereocenters. The molecule has 0 aliphatic carbocycles. The topological polar surface area (TPSA) is 52.5 Å². The number of aliphatic hydroxyl groups is 1. The van der Waals surface area contributed by atoms with Crippen LogP contribution >= 0.6 is 0 Å². The SMILES string of the molecule is CCN(CC)c1cc(N(C)CCO)nc(C)n1. The van der Waals surface area contributed by atoms with E-state index in [9.17, 15) is 0 Å². The van der Waals surface area contributed by atoms with Gasteiger partial charge in [0.2, 0.25) is 0 Å². The number of rotatable bonds is 6. The average molecular weight is 238 g/mol. The lowest BCUT2D eigenvalue weighted by Crippen LogP contribution is -2.26. The molecule has 1 aromatic heterocycles. The first kappa shape index (κ1) is 13.7. The quantitative estimate of drug-likeness (QED) is 0.803. The van der Waals surface area contributed by atoms with E-state index >= 15 is 0 Å². The first-order valence-electron chi connectivity index (χ1n) is 6.05. The van der Waals surface area contributed by atoms with Crippen molar-refractivity contribution in [2.75, 3.05) is 43.1 Å². The molecule has 0 aromatic carbocycles. The number of aromatic nitrogens is 2. The summed E-state index contributed by atoms with van der Waals surface area (Å²) in [7, 11) is 1.92. The number of nitrogens with zero attached hydrogens (tertiary/aromatic N) is 4. The lowest BCUT2D eigenvalue weighted by atomic mass is 10.4. The van der Waals surface area contributed by atoms with Gasteiger partial charge in [-0.25, -0.2) is 9.97 Å². The minimum Gasteiger partial charge on any atom is -0.395 e. The van der Waals surface area contributed by atoms with Gasteiger partial charge in [0, 0.05) is 32.7 Å². The molecular weight excluding hydrogens is 216 g/mol. The van der Waals surface area contributed by atoms with Gasteiger partial charge in [0.15, 0.2) is 0 Å². The Morgan fingerprint density at radius 2 is 1.76 bits per heavy atom. The summed E-state index contributed by atoms with van der Waals surface area (Å²) in [6.45, 7) is 8.67. The highest BCUT2D eigenvalue weighted by atomic mass is 16.3. The number of anilines is 2. The van der Waals surface area contributed by atoms with Gasteiger partial charge < -0.3 is 14.9 Å². The van der Waals surface area contributed by atoms with Crippen molar-refractivity contribution in [1.29, 1.82) is 0 Å². The summed E-state index contributed by atoms with van der Waals surface area (Å²) >= 11 is 0. The third-order valence-corrected chi connectivity index (χ3v) is 2.72. The van der Waals surface area contributed by atoms with E-state index in [0.29, 0.717) is 6.54 Å².